The Bertz CT molecular complexity index is 1530. The highest BCUT2D eigenvalue weighted by Gasteiger charge is 2.22. The third kappa shape index (κ3) is 6.14. The molecule has 214 valence electrons. The van der Waals surface area contributed by atoms with Crippen molar-refractivity contribution < 1.29 is 0 Å². The summed E-state index contributed by atoms with van der Waals surface area (Å²) in [6.07, 6.45) is 0. The summed E-state index contributed by atoms with van der Waals surface area (Å²) in [5, 5.41) is 0. The first-order valence-corrected chi connectivity index (χ1v) is 15.0. The van der Waals surface area contributed by atoms with Gasteiger partial charge in [0.25, 0.3) is 0 Å². The molecule has 0 heterocycles. The Balaban J connectivity index is 1.62. The van der Waals surface area contributed by atoms with Crippen LogP contribution in [0.25, 0.3) is 0 Å². The second kappa shape index (κ2) is 11.5. The average molecular weight is 553 g/mol. The summed E-state index contributed by atoms with van der Waals surface area (Å²) in [5.74, 6) is 0. The van der Waals surface area contributed by atoms with Crippen molar-refractivity contribution in [1.82, 2.24) is 0 Å². The molecular formula is C40H44N2. The molecule has 0 aliphatic heterocycles. The van der Waals surface area contributed by atoms with Crippen LogP contribution in [0.3, 0.4) is 0 Å². The maximum Gasteiger partial charge on any atom is 0.0464 e. The number of hydrogen-bond acceptors (Lipinski definition) is 2. The SMILES string of the molecule is Cc1cc(N(c2ccc(N(c3ccccc3)c3ccccc3)cc2)c2ccc(C(C)(C)C)c(C)c2)ccc1C(C)(C)C. The van der Waals surface area contributed by atoms with E-state index in [0.717, 1.165) is 22.7 Å². The summed E-state index contributed by atoms with van der Waals surface area (Å²) < 4.78 is 0. The Hall–Kier alpha value is -4.30. The molecule has 0 saturated heterocycles. The molecule has 2 nitrogen and oxygen atoms in total. The molecule has 0 unspecified atom stereocenters. The first-order valence-electron chi connectivity index (χ1n) is 15.0. The summed E-state index contributed by atoms with van der Waals surface area (Å²) in [7, 11) is 0. The largest absolute Gasteiger partial charge is 0.311 e. The van der Waals surface area contributed by atoms with Crippen molar-refractivity contribution >= 4 is 34.1 Å². The molecule has 0 aromatic heterocycles. The minimum Gasteiger partial charge on any atom is -0.311 e. The molecule has 5 aromatic carbocycles. The molecule has 0 spiro atoms. The standard InChI is InChI=1S/C40H44N2/c1-29-27-35(23-25-37(29)39(3,4)5)42(36-24-26-38(30(2)28-36)40(6,7)8)34-21-19-33(20-22-34)41(31-15-11-9-12-16-31)32-17-13-10-14-18-32/h9-28H,1-8H3. The van der Waals surface area contributed by atoms with Gasteiger partial charge in [0, 0.05) is 34.1 Å². The number of anilines is 6. The van der Waals surface area contributed by atoms with Gasteiger partial charge in [-0.2, -0.15) is 0 Å². The molecule has 42 heavy (non-hydrogen) atoms. The van der Waals surface area contributed by atoms with Crippen molar-refractivity contribution in [2.45, 2.75) is 66.2 Å². The Kier molecular flexibility index (Phi) is 8.01. The molecule has 0 bridgehead atoms. The second-order valence-corrected chi connectivity index (χ2v) is 13.4. The molecule has 2 heteroatoms. The number of hydrogen-bond donors (Lipinski definition) is 0. The predicted molar refractivity (Wildman–Crippen MR) is 183 cm³/mol. The van der Waals surface area contributed by atoms with Crippen molar-refractivity contribution in [3.05, 3.63) is 144 Å². The zero-order valence-corrected chi connectivity index (χ0v) is 26.4. The molecule has 0 aliphatic rings. The first kappa shape index (κ1) is 29.2. The van der Waals surface area contributed by atoms with Crippen LogP contribution < -0.4 is 9.80 Å². The molecule has 0 radical (unpaired) electrons. The van der Waals surface area contributed by atoms with Gasteiger partial charge in [-0.1, -0.05) is 90.1 Å². The predicted octanol–water partition coefficient (Wildman–Crippen LogP) is 11.8. The fraction of sp³-hybridized carbons (Fsp3) is 0.250. The summed E-state index contributed by atoms with van der Waals surface area (Å²) in [6.45, 7) is 18.2. The number of para-hydroxylation sites is 2. The molecule has 0 atom stereocenters. The minimum absolute atomic E-state index is 0.0956. The van der Waals surface area contributed by atoms with Crippen molar-refractivity contribution in [3.63, 3.8) is 0 Å². The molecule has 0 amide bonds. The van der Waals surface area contributed by atoms with E-state index in [0.29, 0.717) is 0 Å². The number of benzene rings is 5. The minimum atomic E-state index is 0.0956. The maximum absolute atomic E-state index is 2.39. The van der Waals surface area contributed by atoms with Crippen molar-refractivity contribution in [3.8, 4) is 0 Å². The average Bonchev–Trinajstić information content (AvgIpc) is 2.94. The van der Waals surface area contributed by atoms with E-state index in [4.69, 9.17) is 0 Å². The van der Waals surface area contributed by atoms with Crippen LogP contribution in [0.1, 0.15) is 63.8 Å². The highest BCUT2D eigenvalue weighted by atomic mass is 15.2. The van der Waals surface area contributed by atoms with Gasteiger partial charge in [-0.3, -0.25) is 0 Å². The lowest BCUT2D eigenvalue weighted by atomic mass is 9.83. The van der Waals surface area contributed by atoms with Gasteiger partial charge in [0.05, 0.1) is 0 Å². The van der Waals surface area contributed by atoms with E-state index in [1.165, 1.54) is 33.6 Å². The zero-order valence-electron chi connectivity index (χ0n) is 26.4. The van der Waals surface area contributed by atoms with E-state index in [1.807, 2.05) is 0 Å². The summed E-state index contributed by atoms with van der Waals surface area (Å²) in [4.78, 5) is 4.69. The van der Waals surface area contributed by atoms with Gasteiger partial charge in [0.1, 0.15) is 0 Å². The summed E-state index contributed by atoms with van der Waals surface area (Å²) >= 11 is 0. The van der Waals surface area contributed by atoms with Crippen molar-refractivity contribution in [1.29, 1.82) is 0 Å². The summed E-state index contributed by atoms with van der Waals surface area (Å²) in [5.41, 5.74) is 12.4. The molecule has 5 aromatic rings. The normalized spacial score (nSPS) is 11.8. The van der Waals surface area contributed by atoms with Gasteiger partial charge in [0.2, 0.25) is 0 Å². The molecule has 0 fully saturated rings. The van der Waals surface area contributed by atoms with Gasteiger partial charge in [-0.25, -0.2) is 0 Å². The van der Waals surface area contributed by atoms with Crippen LogP contribution in [0.15, 0.2) is 121 Å². The molecule has 0 N–H and O–H groups in total. The topological polar surface area (TPSA) is 6.48 Å². The fourth-order valence-electron chi connectivity index (χ4n) is 6.06. The van der Waals surface area contributed by atoms with Crippen LogP contribution >= 0.6 is 0 Å². The van der Waals surface area contributed by atoms with Gasteiger partial charge in [-0.05, 0) is 120 Å². The Labute approximate surface area is 253 Å². The number of rotatable bonds is 6. The van der Waals surface area contributed by atoms with Crippen LogP contribution in [-0.4, -0.2) is 0 Å². The lowest BCUT2D eigenvalue weighted by molar-refractivity contribution is 0.586. The highest BCUT2D eigenvalue weighted by molar-refractivity contribution is 5.81. The van der Waals surface area contributed by atoms with Gasteiger partial charge in [0.15, 0.2) is 0 Å². The lowest BCUT2D eigenvalue weighted by Gasteiger charge is -2.31. The Morgan fingerprint density at radius 2 is 0.643 bits per heavy atom. The molecular weight excluding hydrogens is 508 g/mol. The number of aryl methyl sites for hydroxylation is 2. The van der Waals surface area contributed by atoms with E-state index >= 15 is 0 Å². The molecule has 0 aliphatic carbocycles. The second-order valence-electron chi connectivity index (χ2n) is 13.4. The van der Waals surface area contributed by atoms with Crippen molar-refractivity contribution in [2.24, 2.45) is 0 Å². The van der Waals surface area contributed by atoms with E-state index in [-0.39, 0.29) is 10.8 Å². The van der Waals surface area contributed by atoms with E-state index in [9.17, 15) is 0 Å². The van der Waals surface area contributed by atoms with Gasteiger partial charge in [-0.15, -0.1) is 0 Å². The summed E-state index contributed by atoms with van der Waals surface area (Å²) in [6, 6.07) is 43.9. The van der Waals surface area contributed by atoms with Crippen LogP contribution in [0, 0.1) is 13.8 Å². The zero-order chi connectivity index (χ0) is 30.1. The first-order chi connectivity index (χ1) is 19.9. The Morgan fingerprint density at radius 3 is 0.952 bits per heavy atom. The number of nitrogens with zero attached hydrogens (tertiary/aromatic N) is 2. The van der Waals surface area contributed by atoms with Crippen LogP contribution in [-0.2, 0) is 10.8 Å². The maximum atomic E-state index is 2.39. The third-order valence-electron chi connectivity index (χ3n) is 7.95. The smallest absolute Gasteiger partial charge is 0.0464 e. The van der Waals surface area contributed by atoms with Crippen molar-refractivity contribution in [2.75, 3.05) is 9.80 Å². The van der Waals surface area contributed by atoms with Gasteiger partial charge < -0.3 is 9.80 Å². The van der Waals surface area contributed by atoms with Crippen LogP contribution in [0.4, 0.5) is 34.1 Å². The molecule has 0 saturated carbocycles. The third-order valence-corrected chi connectivity index (χ3v) is 7.95. The lowest BCUT2D eigenvalue weighted by Crippen LogP contribution is -2.16. The van der Waals surface area contributed by atoms with E-state index < -0.39 is 0 Å². The highest BCUT2D eigenvalue weighted by Crippen LogP contribution is 2.41. The molecule has 5 rings (SSSR count). The van der Waals surface area contributed by atoms with Crippen LogP contribution in [0.5, 0.6) is 0 Å². The van der Waals surface area contributed by atoms with E-state index in [2.05, 4.69) is 187 Å². The monoisotopic (exact) mass is 552 g/mol. The van der Waals surface area contributed by atoms with Crippen LogP contribution in [0.2, 0.25) is 0 Å². The quantitative estimate of drug-likeness (QED) is 0.207. The van der Waals surface area contributed by atoms with E-state index in [1.54, 1.807) is 0 Å². The van der Waals surface area contributed by atoms with Gasteiger partial charge >= 0.3 is 0 Å². The fourth-order valence-corrected chi connectivity index (χ4v) is 6.06. The Morgan fingerprint density at radius 1 is 0.357 bits per heavy atom.